The van der Waals surface area contributed by atoms with Gasteiger partial charge in [-0.15, -0.1) is 0 Å². The van der Waals surface area contributed by atoms with Crippen LogP contribution in [0.3, 0.4) is 0 Å². The summed E-state index contributed by atoms with van der Waals surface area (Å²) in [6, 6.07) is 10.3. The third-order valence-electron chi connectivity index (χ3n) is 6.84. The predicted octanol–water partition coefficient (Wildman–Crippen LogP) is 8.01. The monoisotopic (exact) mass is 466 g/mol. The highest BCUT2D eigenvalue weighted by molar-refractivity contribution is 5.99. The highest BCUT2D eigenvalue weighted by Crippen LogP contribution is 2.33. The first-order valence-electron chi connectivity index (χ1n) is 13.1. The molecule has 0 aromatic heterocycles. The largest absolute Gasteiger partial charge is 0.300 e. The van der Waals surface area contributed by atoms with Crippen LogP contribution in [0.2, 0.25) is 0 Å². The zero-order chi connectivity index (χ0) is 25.5. The first-order chi connectivity index (χ1) is 16.2. The Labute approximate surface area is 208 Å². The highest BCUT2D eigenvalue weighted by atomic mass is 16.1. The van der Waals surface area contributed by atoms with Crippen LogP contribution in [0.4, 0.5) is 0 Å². The maximum Gasteiger partial charge on any atom is 0.143 e. The molecule has 1 aliphatic carbocycles. The van der Waals surface area contributed by atoms with Gasteiger partial charge >= 0.3 is 0 Å². The minimum absolute atomic E-state index is 0.0499. The second-order valence-corrected chi connectivity index (χ2v) is 10.0. The topological polar surface area (TPSA) is 51.2 Å². The lowest BCUT2D eigenvalue weighted by Crippen LogP contribution is -2.27. The molecular weight excluding hydrogens is 420 g/mol. The molecule has 0 N–H and O–H groups in total. The molecule has 0 heterocycles. The quantitative estimate of drug-likeness (QED) is 0.346. The van der Waals surface area contributed by atoms with E-state index in [4.69, 9.17) is 0 Å². The fourth-order valence-electron chi connectivity index (χ4n) is 4.88. The Morgan fingerprint density at radius 3 is 2.26 bits per heavy atom. The third kappa shape index (κ3) is 11.7. The maximum atomic E-state index is 12.6. The molecule has 3 atom stereocenters. The first-order valence-corrected chi connectivity index (χ1v) is 13.1. The molecule has 0 fully saturated rings. The summed E-state index contributed by atoms with van der Waals surface area (Å²) in [7, 11) is 0. The number of Topliss-reactive ketones (excluding diaryl/α,β-unsaturated/α-hetero) is 3. The zero-order valence-electron chi connectivity index (χ0n) is 22.4. The van der Waals surface area contributed by atoms with Gasteiger partial charge in [0, 0.05) is 18.8 Å². The van der Waals surface area contributed by atoms with Gasteiger partial charge in [-0.05, 0) is 65.2 Å². The van der Waals surface area contributed by atoms with Crippen molar-refractivity contribution in [2.45, 2.75) is 99.3 Å². The van der Waals surface area contributed by atoms with Crippen LogP contribution in [0.1, 0.15) is 98.0 Å². The van der Waals surface area contributed by atoms with E-state index in [1.54, 1.807) is 0 Å². The number of aryl methyl sites for hydroxylation is 1. The summed E-state index contributed by atoms with van der Waals surface area (Å²) in [5.74, 6) is 0.887. The summed E-state index contributed by atoms with van der Waals surface area (Å²) < 4.78 is 0. The summed E-state index contributed by atoms with van der Waals surface area (Å²) >= 11 is 0. The molecule has 3 nitrogen and oxygen atoms in total. The predicted molar refractivity (Wildman–Crippen MR) is 143 cm³/mol. The molecule has 2 rings (SSSR count). The fraction of sp³-hybridized carbons (Fsp3) is 0.581. The van der Waals surface area contributed by atoms with Crippen molar-refractivity contribution in [3.63, 3.8) is 0 Å². The van der Waals surface area contributed by atoms with Gasteiger partial charge < -0.3 is 0 Å². The number of carbonyl (C=O) groups excluding carboxylic acids is 3. The lowest BCUT2D eigenvalue weighted by Gasteiger charge is -2.29. The Hall–Kier alpha value is -2.29. The number of allylic oxidation sites excluding steroid dienone is 4. The lowest BCUT2D eigenvalue weighted by molar-refractivity contribution is -0.129. The Bertz CT molecular complexity index is 831. The average molecular weight is 467 g/mol. The number of ketones is 3. The van der Waals surface area contributed by atoms with Crippen molar-refractivity contribution in [2.75, 3.05) is 0 Å². The second kappa shape index (κ2) is 16.4. The van der Waals surface area contributed by atoms with Crippen molar-refractivity contribution in [1.29, 1.82) is 0 Å². The Kier molecular flexibility index (Phi) is 14.3. The van der Waals surface area contributed by atoms with Crippen LogP contribution in [-0.4, -0.2) is 17.3 Å². The van der Waals surface area contributed by atoms with E-state index in [0.717, 1.165) is 44.1 Å². The molecule has 0 spiro atoms. The van der Waals surface area contributed by atoms with Crippen molar-refractivity contribution in [3.05, 3.63) is 59.2 Å². The Balaban J connectivity index is 0.000000700. The molecule has 0 saturated heterocycles. The number of rotatable bonds is 9. The van der Waals surface area contributed by atoms with Crippen LogP contribution in [0.5, 0.6) is 0 Å². The molecule has 1 aliphatic rings. The van der Waals surface area contributed by atoms with E-state index in [2.05, 4.69) is 45.1 Å². The van der Waals surface area contributed by atoms with Gasteiger partial charge in [0.15, 0.2) is 0 Å². The lowest BCUT2D eigenvalue weighted by atomic mass is 9.75. The van der Waals surface area contributed by atoms with Gasteiger partial charge in [-0.3, -0.25) is 14.4 Å². The van der Waals surface area contributed by atoms with Gasteiger partial charge in [0.2, 0.25) is 0 Å². The molecule has 1 aromatic rings. The fourth-order valence-corrected chi connectivity index (χ4v) is 4.88. The Morgan fingerprint density at radius 1 is 1.06 bits per heavy atom. The van der Waals surface area contributed by atoms with Crippen molar-refractivity contribution in [1.82, 2.24) is 0 Å². The van der Waals surface area contributed by atoms with Crippen molar-refractivity contribution in [2.24, 2.45) is 17.8 Å². The number of hydrogen-bond acceptors (Lipinski definition) is 3. The van der Waals surface area contributed by atoms with Gasteiger partial charge in [-0.25, -0.2) is 0 Å². The SMILES string of the molecule is CCCC(CC1CC/C=C\C(C)=C(\C)CC(=O)C1)C(CC)C(=O)CC(C)=O.Cc1ccccc1. The summed E-state index contributed by atoms with van der Waals surface area (Å²) in [5, 5.41) is 0. The molecule has 34 heavy (non-hydrogen) atoms. The van der Waals surface area contributed by atoms with Gasteiger partial charge in [-0.2, -0.15) is 0 Å². The zero-order valence-corrected chi connectivity index (χ0v) is 22.4. The van der Waals surface area contributed by atoms with Gasteiger partial charge in [0.05, 0.1) is 6.42 Å². The summed E-state index contributed by atoms with van der Waals surface area (Å²) in [4.78, 5) is 36.6. The molecule has 0 radical (unpaired) electrons. The Morgan fingerprint density at radius 2 is 1.74 bits per heavy atom. The van der Waals surface area contributed by atoms with E-state index in [-0.39, 0.29) is 29.8 Å². The van der Waals surface area contributed by atoms with Crippen LogP contribution in [0.25, 0.3) is 0 Å². The van der Waals surface area contributed by atoms with Crippen molar-refractivity contribution >= 4 is 17.3 Å². The normalized spacial score (nSPS) is 21.6. The van der Waals surface area contributed by atoms with Crippen LogP contribution in [0.15, 0.2) is 53.6 Å². The highest BCUT2D eigenvalue weighted by Gasteiger charge is 2.29. The van der Waals surface area contributed by atoms with E-state index in [0.29, 0.717) is 24.5 Å². The molecular formula is C31H46O3. The van der Waals surface area contributed by atoms with Crippen LogP contribution < -0.4 is 0 Å². The molecule has 0 amide bonds. The summed E-state index contributed by atoms with van der Waals surface area (Å²) in [5.41, 5.74) is 3.68. The first kappa shape index (κ1) is 29.7. The van der Waals surface area contributed by atoms with Crippen LogP contribution >= 0.6 is 0 Å². The summed E-state index contributed by atoms with van der Waals surface area (Å²) in [6.07, 6.45) is 11.2. The smallest absolute Gasteiger partial charge is 0.143 e. The minimum atomic E-state index is -0.0567. The molecule has 188 valence electrons. The molecule has 3 unspecified atom stereocenters. The van der Waals surface area contributed by atoms with E-state index < -0.39 is 0 Å². The molecule has 0 saturated carbocycles. The van der Waals surface area contributed by atoms with Crippen molar-refractivity contribution in [3.8, 4) is 0 Å². The van der Waals surface area contributed by atoms with E-state index >= 15 is 0 Å². The standard InChI is InChI=1S/C24H38O3.C7H8/c1-6-10-21(23(7-2)24(27)14-19(5)25)15-20-12-9-8-11-17(3)18(4)13-22(26)16-20;1-7-5-3-2-4-6-7/h8,11,20-21,23H,6-7,9-10,12-16H2,1-5H3;2-6H,1H3/b11-8-,18-17-;. The second-order valence-electron chi connectivity index (χ2n) is 10.0. The van der Waals surface area contributed by atoms with E-state index in [1.807, 2.05) is 32.0 Å². The summed E-state index contributed by atoms with van der Waals surface area (Å²) in [6.45, 7) is 11.9. The van der Waals surface area contributed by atoms with Crippen molar-refractivity contribution < 1.29 is 14.4 Å². The molecule has 0 aliphatic heterocycles. The molecule has 1 aromatic carbocycles. The molecule has 0 bridgehead atoms. The van der Waals surface area contributed by atoms with Crippen LogP contribution in [0, 0.1) is 24.7 Å². The van der Waals surface area contributed by atoms with E-state index in [9.17, 15) is 14.4 Å². The maximum absolute atomic E-state index is 12.6. The molecule has 3 heteroatoms. The van der Waals surface area contributed by atoms with Gasteiger partial charge in [0.25, 0.3) is 0 Å². The number of hydrogen-bond donors (Lipinski definition) is 0. The average Bonchev–Trinajstić information content (AvgIpc) is 2.77. The third-order valence-corrected chi connectivity index (χ3v) is 6.84. The van der Waals surface area contributed by atoms with Gasteiger partial charge in [0.1, 0.15) is 17.3 Å². The van der Waals surface area contributed by atoms with E-state index in [1.165, 1.54) is 18.1 Å². The number of benzene rings is 1. The minimum Gasteiger partial charge on any atom is -0.300 e. The number of carbonyl (C=O) groups is 3. The van der Waals surface area contributed by atoms with Gasteiger partial charge in [-0.1, -0.05) is 85.9 Å². The van der Waals surface area contributed by atoms with Crippen LogP contribution in [-0.2, 0) is 14.4 Å².